The molecule has 106 valence electrons. The number of nitrogens with two attached hydrogens (primary N) is 1. The van der Waals surface area contributed by atoms with Crippen molar-refractivity contribution in [3.05, 3.63) is 53.1 Å². The lowest BCUT2D eigenvalue weighted by Gasteiger charge is -2.12. The van der Waals surface area contributed by atoms with E-state index in [1.165, 1.54) is 16.7 Å². The Balaban J connectivity index is 1.84. The van der Waals surface area contributed by atoms with Crippen LogP contribution >= 0.6 is 0 Å². The number of hydrogen-bond acceptors (Lipinski definition) is 3. The molecule has 0 atom stereocenters. The van der Waals surface area contributed by atoms with E-state index in [0.29, 0.717) is 6.61 Å². The van der Waals surface area contributed by atoms with Crippen LogP contribution in [0.1, 0.15) is 16.7 Å². The van der Waals surface area contributed by atoms with Gasteiger partial charge in [-0.1, -0.05) is 6.07 Å². The van der Waals surface area contributed by atoms with Crippen LogP contribution < -0.4 is 15.8 Å². The van der Waals surface area contributed by atoms with Crippen LogP contribution in [-0.4, -0.2) is 13.2 Å². The second kappa shape index (κ2) is 6.33. The van der Waals surface area contributed by atoms with Crippen molar-refractivity contribution in [1.29, 1.82) is 0 Å². The number of nitrogen functional groups attached to an aromatic ring is 1. The van der Waals surface area contributed by atoms with Crippen molar-refractivity contribution in [1.82, 2.24) is 0 Å². The summed E-state index contributed by atoms with van der Waals surface area (Å²) in [4.78, 5) is 0. The van der Waals surface area contributed by atoms with Crippen LogP contribution in [0.3, 0.4) is 0 Å². The molecule has 0 amide bonds. The minimum absolute atomic E-state index is 0.633. The molecule has 0 fully saturated rings. The van der Waals surface area contributed by atoms with Crippen LogP contribution in [-0.2, 0) is 0 Å². The Hall–Kier alpha value is -2.16. The Kier molecular flexibility index (Phi) is 4.51. The lowest BCUT2D eigenvalue weighted by atomic mass is 10.1. The Labute approximate surface area is 120 Å². The van der Waals surface area contributed by atoms with Crippen LogP contribution in [0.5, 0.6) is 5.75 Å². The topological polar surface area (TPSA) is 47.3 Å². The van der Waals surface area contributed by atoms with Gasteiger partial charge in [0.2, 0.25) is 0 Å². The Morgan fingerprint density at radius 3 is 2.30 bits per heavy atom. The summed E-state index contributed by atoms with van der Waals surface area (Å²) in [6.45, 7) is 7.70. The third-order valence-corrected chi connectivity index (χ3v) is 3.39. The lowest BCUT2D eigenvalue weighted by molar-refractivity contribution is 0.330. The number of nitrogens with one attached hydrogen (secondary N) is 1. The largest absolute Gasteiger partial charge is 0.491 e. The molecule has 0 aliphatic carbocycles. The van der Waals surface area contributed by atoms with Gasteiger partial charge in [-0.05, 0) is 67.8 Å². The highest BCUT2D eigenvalue weighted by Gasteiger charge is 2.02. The Morgan fingerprint density at radius 2 is 1.60 bits per heavy atom. The Morgan fingerprint density at radius 1 is 0.950 bits per heavy atom. The molecule has 0 unspecified atom stereocenters. The summed E-state index contributed by atoms with van der Waals surface area (Å²) in [5.41, 5.74) is 11.2. The van der Waals surface area contributed by atoms with Crippen molar-refractivity contribution in [2.75, 3.05) is 24.2 Å². The summed E-state index contributed by atoms with van der Waals surface area (Å²) < 4.78 is 5.83. The maximum absolute atomic E-state index is 5.83. The van der Waals surface area contributed by atoms with Gasteiger partial charge in [-0.15, -0.1) is 0 Å². The van der Waals surface area contributed by atoms with Gasteiger partial charge in [-0.3, -0.25) is 0 Å². The molecule has 0 radical (unpaired) electrons. The first-order valence-electron chi connectivity index (χ1n) is 6.86. The van der Waals surface area contributed by atoms with Crippen LogP contribution in [0.2, 0.25) is 0 Å². The van der Waals surface area contributed by atoms with E-state index in [-0.39, 0.29) is 0 Å². The normalized spacial score (nSPS) is 10.3. The molecule has 0 aliphatic rings. The fourth-order valence-corrected chi connectivity index (χ4v) is 2.05. The maximum Gasteiger partial charge on any atom is 0.122 e. The van der Waals surface area contributed by atoms with E-state index >= 15 is 0 Å². The quantitative estimate of drug-likeness (QED) is 0.643. The zero-order chi connectivity index (χ0) is 14.5. The van der Waals surface area contributed by atoms with Gasteiger partial charge in [0.25, 0.3) is 0 Å². The molecular formula is C17H22N2O. The predicted octanol–water partition coefficient (Wildman–Crippen LogP) is 3.68. The van der Waals surface area contributed by atoms with Crippen LogP contribution in [0, 0.1) is 20.8 Å². The summed E-state index contributed by atoms with van der Waals surface area (Å²) in [6.07, 6.45) is 0. The smallest absolute Gasteiger partial charge is 0.122 e. The molecule has 0 saturated carbocycles. The molecule has 3 nitrogen and oxygen atoms in total. The molecule has 3 heteroatoms. The van der Waals surface area contributed by atoms with E-state index in [4.69, 9.17) is 10.5 Å². The summed E-state index contributed by atoms with van der Waals surface area (Å²) in [5.74, 6) is 0.965. The van der Waals surface area contributed by atoms with Gasteiger partial charge >= 0.3 is 0 Å². The second-order valence-corrected chi connectivity index (χ2v) is 5.10. The third kappa shape index (κ3) is 3.67. The SMILES string of the molecule is Cc1cc(C)c(OCCNc2ccc(N)cc2)cc1C. The van der Waals surface area contributed by atoms with Crippen molar-refractivity contribution in [2.45, 2.75) is 20.8 Å². The Bertz CT molecular complexity index is 576. The van der Waals surface area contributed by atoms with Gasteiger partial charge in [0.15, 0.2) is 0 Å². The van der Waals surface area contributed by atoms with Gasteiger partial charge in [0.1, 0.15) is 12.4 Å². The molecule has 0 aromatic heterocycles. The van der Waals surface area contributed by atoms with Gasteiger partial charge in [-0.2, -0.15) is 0 Å². The van der Waals surface area contributed by atoms with E-state index in [0.717, 1.165) is 23.7 Å². The average Bonchev–Trinajstić information content (AvgIpc) is 2.42. The number of anilines is 2. The predicted molar refractivity (Wildman–Crippen MR) is 85.5 cm³/mol. The minimum atomic E-state index is 0.633. The lowest BCUT2D eigenvalue weighted by Crippen LogP contribution is -2.12. The number of benzene rings is 2. The first-order chi connectivity index (χ1) is 9.56. The minimum Gasteiger partial charge on any atom is -0.491 e. The van der Waals surface area contributed by atoms with E-state index in [1.54, 1.807) is 0 Å². The molecule has 0 aliphatic heterocycles. The zero-order valence-electron chi connectivity index (χ0n) is 12.4. The summed E-state index contributed by atoms with van der Waals surface area (Å²) >= 11 is 0. The van der Waals surface area contributed by atoms with Crippen LogP contribution in [0.15, 0.2) is 36.4 Å². The number of ether oxygens (including phenoxy) is 1. The molecule has 0 spiro atoms. The standard InChI is InChI=1S/C17H22N2O/c1-12-10-14(3)17(11-13(12)2)20-9-8-19-16-6-4-15(18)5-7-16/h4-7,10-11,19H,8-9,18H2,1-3H3. The van der Waals surface area contributed by atoms with Gasteiger partial charge in [0.05, 0.1) is 0 Å². The maximum atomic E-state index is 5.83. The van der Waals surface area contributed by atoms with Gasteiger partial charge in [0, 0.05) is 17.9 Å². The monoisotopic (exact) mass is 270 g/mol. The van der Waals surface area contributed by atoms with Crippen molar-refractivity contribution < 1.29 is 4.74 Å². The summed E-state index contributed by atoms with van der Waals surface area (Å²) in [7, 11) is 0. The fourth-order valence-electron chi connectivity index (χ4n) is 2.05. The fraction of sp³-hybridized carbons (Fsp3) is 0.294. The molecule has 20 heavy (non-hydrogen) atoms. The highest BCUT2D eigenvalue weighted by Crippen LogP contribution is 2.22. The van der Waals surface area contributed by atoms with Crippen molar-refractivity contribution in [3.8, 4) is 5.75 Å². The second-order valence-electron chi connectivity index (χ2n) is 5.10. The van der Waals surface area contributed by atoms with Crippen molar-refractivity contribution >= 4 is 11.4 Å². The molecule has 2 aromatic rings. The number of aryl methyl sites for hydroxylation is 3. The van der Waals surface area contributed by atoms with Gasteiger partial charge in [-0.25, -0.2) is 0 Å². The van der Waals surface area contributed by atoms with Crippen molar-refractivity contribution in [3.63, 3.8) is 0 Å². The summed E-state index contributed by atoms with van der Waals surface area (Å²) in [5, 5.41) is 3.31. The highest BCUT2D eigenvalue weighted by molar-refractivity contribution is 5.51. The first-order valence-corrected chi connectivity index (χ1v) is 6.86. The van der Waals surface area contributed by atoms with Crippen molar-refractivity contribution in [2.24, 2.45) is 0 Å². The molecule has 3 N–H and O–H groups in total. The molecule has 0 saturated heterocycles. The van der Waals surface area contributed by atoms with Crippen LogP contribution in [0.4, 0.5) is 11.4 Å². The number of rotatable bonds is 5. The average molecular weight is 270 g/mol. The number of hydrogen-bond donors (Lipinski definition) is 2. The molecule has 2 aromatic carbocycles. The molecular weight excluding hydrogens is 248 g/mol. The van der Waals surface area contributed by atoms with E-state index < -0.39 is 0 Å². The van der Waals surface area contributed by atoms with E-state index in [9.17, 15) is 0 Å². The molecule has 2 rings (SSSR count). The molecule has 0 bridgehead atoms. The third-order valence-electron chi connectivity index (χ3n) is 3.39. The highest BCUT2D eigenvalue weighted by atomic mass is 16.5. The zero-order valence-corrected chi connectivity index (χ0v) is 12.4. The summed E-state index contributed by atoms with van der Waals surface area (Å²) in [6, 6.07) is 12.0. The van der Waals surface area contributed by atoms with Crippen LogP contribution in [0.25, 0.3) is 0 Å². The van der Waals surface area contributed by atoms with E-state index in [1.807, 2.05) is 24.3 Å². The van der Waals surface area contributed by atoms with Gasteiger partial charge < -0.3 is 15.8 Å². The first kappa shape index (κ1) is 14.3. The van der Waals surface area contributed by atoms with E-state index in [2.05, 4.69) is 38.2 Å². The molecule has 0 heterocycles.